The highest BCUT2D eigenvalue weighted by molar-refractivity contribution is 7.09. The van der Waals surface area contributed by atoms with Gasteiger partial charge in [-0.05, 0) is 0 Å². The van der Waals surface area contributed by atoms with Crippen molar-refractivity contribution in [3.63, 3.8) is 0 Å². The van der Waals surface area contributed by atoms with E-state index < -0.39 is 0 Å². The Morgan fingerprint density at radius 1 is 1.41 bits per heavy atom. The van der Waals surface area contributed by atoms with Crippen LogP contribution in [0.15, 0.2) is 5.38 Å². The maximum absolute atomic E-state index is 5.68. The molecule has 0 saturated carbocycles. The van der Waals surface area contributed by atoms with Crippen LogP contribution in [0.2, 0.25) is 0 Å². The average Bonchev–Trinajstić information content (AvgIpc) is 2.67. The summed E-state index contributed by atoms with van der Waals surface area (Å²) in [5.41, 5.74) is 1.30. The fourth-order valence-electron chi connectivity index (χ4n) is 1.50. The normalized spacial score (nSPS) is 20.3. The Morgan fingerprint density at radius 3 is 2.59 bits per heavy atom. The molecule has 0 aliphatic carbocycles. The summed E-state index contributed by atoms with van der Waals surface area (Å²) in [5, 5.41) is 6.57. The molecule has 1 aliphatic rings. The number of aromatic nitrogens is 1. The molecule has 0 bridgehead atoms. The second-order valence-electron chi connectivity index (χ2n) is 4.88. The third-order valence-electron chi connectivity index (χ3n) is 2.49. The topological polar surface area (TPSA) is 34.1 Å². The van der Waals surface area contributed by atoms with Crippen molar-refractivity contribution in [2.45, 2.75) is 32.3 Å². The number of morpholine rings is 1. The monoisotopic (exact) mass is 298 g/mol. The van der Waals surface area contributed by atoms with Gasteiger partial charge in [-0.3, -0.25) is 0 Å². The molecule has 100 valence electrons. The lowest BCUT2D eigenvalue weighted by atomic mass is 9.93. The zero-order valence-corrected chi connectivity index (χ0v) is 12.8. The number of ether oxygens (including phenoxy) is 1. The molecule has 1 fully saturated rings. The third-order valence-corrected chi connectivity index (χ3v) is 3.43. The molecule has 17 heavy (non-hydrogen) atoms. The molecular formula is C11H20Cl2N2OS. The summed E-state index contributed by atoms with van der Waals surface area (Å²) >= 11 is 1.71. The van der Waals surface area contributed by atoms with Crippen molar-refractivity contribution in [1.82, 2.24) is 10.3 Å². The van der Waals surface area contributed by atoms with Crippen LogP contribution in [0.4, 0.5) is 0 Å². The van der Waals surface area contributed by atoms with E-state index in [0.29, 0.717) is 0 Å². The maximum Gasteiger partial charge on any atom is 0.123 e. The van der Waals surface area contributed by atoms with Gasteiger partial charge in [0.25, 0.3) is 0 Å². The second kappa shape index (κ2) is 6.90. The SMILES string of the molecule is CC(C)(C)c1csc(C2CNCCO2)n1.Cl.Cl. The number of rotatable bonds is 1. The van der Waals surface area contributed by atoms with Crippen molar-refractivity contribution in [1.29, 1.82) is 0 Å². The highest BCUT2D eigenvalue weighted by atomic mass is 35.5. The first-order chi connectivity index (χ1) is 7.07. The number of hydrogen-bond acceptors (Lipinski definition) is 4. The van der Waals surface area contributed by atoms with E-state index >= 15 is 0 Å². The van der Waals surface area contributed by atoms with E-state index in [0.717, 1.165) is 30.4 Å². The molecule has 1 atom stereocenters. The van der Waals surface area contributed by atoms with Crippen LogP contribution in [0.3, 0.4) is 0 Å². The number of thiazole rings is 1. The highest BCUT2D eigenvalue weighted by Gasteiger charge is 2.22. The molecule has 0 amide bonds. The summed E-state index contributed by atoms with van der Waals surface area (Å²) in [4.78, 5) is 4.66. The Morgan fingerprint density at radius 2 is 2.12 bits per heavy atom. The summed E-state index contributed by atoms with van der Waals surface area (Å²) in [6, 6.07) is 0. The van der Waals surface area contributed by atoms with Crippen LogP contribution in [0, 0.1) is 0 Å². The molecule has 2 rings (SSSR count). The molecule has 2 heterocycles. The van der Waals surface area contributed by atoms with Gasteiger partial charge in [0.15, 0.2) is 0 Å². The fourth-order valence-corrected chi connectivity index (χ4v) is 2.60. The summed E-state index contributed by atoms with van der Waals surface area (Å²) in [6.45, 7) is 9.18. The summed E-state index contributed by atoms with van der Waals surface area (Å²) in [5.74, 6) is 0. The lowest BCUT2D eigenvalue weighted by molar-refractivity contribution is 0.0274. The van der Waals surface area contributed by atoms with E-state index in [1.165, 1.54) is 0 Å². The van der Waals surface area contributed by atoms with Gasteiger partial charge in [-0.25, -0.2) is 4.98 Å². The zero-order chi connectivity index (χ0) is 10.9. The van der Waals surface area contributed by atoms with Crippen molar-refractivity contribution in [3.05, 3.63) is 16.1 Å². The Bertz CT molecular complexity index is 332. The molecule has 3 nitrogen and oxygen atoms in total. The van der Waals surface area contributed by atoms with Crippen LogP contribution in [0.1, 0.15) is 37.6 Å². The van der Waals surface area contributed by atoms with E-state index in [2.05, 4.69) is 36.5 Å². The van der Waals surface area contributed by atoms with Gasteiger partial charge in [0.05, 0.1) is 12.3 Å². The van der Waals surface area contributed by atoms with Crippen LogP contribution < -0.4 is 5.32 Å². The summed E-state index contributed by atoms with van der Waals surface area (Å²) in [7, 11) is 0. The van der Waals surface area contributed by atoms with Crippen molar-refractivity contribution in [2.24, 2.45) is 0 Å². The minimum absolute atomic E-state index is 0. The Labute approximate surface area is 119 Å². The molecule has 0 aromatic carbocycles. The van der Waals surface area contributed by atoms with Gasteiger partial charge in [-0.1, -0.05) is 20.8 Å². The second-order valence-corrected chi connectivity index (χ2v) is 5.77. The minimum atomic E-state index is 0. The molecule has 1 unspecified atom stereocenters. The van der Waals surface area contributed by atoms with Crippen molar-refractivity contribution in [3.8, 4) is 0 Å². The number of halogens is 2. The summed E-state index contributed by atoms with van der Waals surface area (Å²) in [6.07, 6.45) is 0.153. The highest BCUT2D eigenvalue weighted by Crippen LogP contribution is 2.28. The first-order valence-corrected chi connectivity index (χ1v) is 6.23. The molecule has 0 spiro atoms. The Kier molecular flexibility index (Phi) is 6.95. The molecule has 6 heteroatoms. The van der Waals surface area contributed by atoms with Crippen molar-refractivity contribution in [2.75, 3.05) is 19.7 Å². The van der Waals surface area contributed by atoms with E-state index in [4.69, 9.17) is 4.74 Å². The first kappa shape index (κ1) is 17.1. The third kappa shape index (κ3) is 4.38. The van der Waals surface area contributed by atoms with Crippen LogP contribution in [0.25, 0.3) is 0 Å². The minimum Gasteiger partial charge on any atom is -0.368 e. The van der Waals surface area contributed by atoms with Gasteiger partial charge >= 0.3 is 0 Å². The molecule has 1 aromatic heterocycles. The van der Waals surface area contributed by atoms with Crippen LogP contribution in [-0.4, -0.2) is 24.7 Å². The number of nitrogens with zero attached hydrogens (tertiary/aromatic N) is 1. The molecule has 0 radical (unpaired) electrons. The van der Waals surface area contributed by atoms with E-state index in [9.17, 15) is 0 Å². The molecule has 1 aliphatic heterocycles. The molecule has 1 N–H and O–H groups in total. The zero-order valence-electron chi connectivity index (χ0n) is 10.4. The molecule has 1 saturated heterocycles. The maximum atomic E-state index is 5.68. The summed E-state index contributed by atoms with van der Waals surface area (Å²) < 4.78 is 5.68. The van der Waals surface area contributed by atoms with E-state index in [1.54, 1.807) is 11.3 Å². The fraction of sp³-hybridized carbons (Fsp3) is 0.727. The van der Waals surface area contributed by atoms with Crippen molar-refractivity contribution < 1.29 is 4.74 Å². The number of hydrogen-bond donors (Lipinski definition) is 1. The molecular weight excluding hydrogens is 279 g/mol. The van der Waals surface area contributed by atoms with E-state index in [-0.39, 0.29) is 36.3 Å². The van der Waals surface area contributed by atoms with Crippen LogP contribution in [-0.2, 0) is 10.2 Å². The van der Waals surface area contributed by atoms with Crippen LogP contribution in [0.5, 0.6) is 0 Å². The van der Waals surface area contributed by atoms with Crippen molar-refractivity contribution >= 4 is 36.2 Å². The lowest BCUT2D eigenvalue weighted by Crippen LogP contribution is -2.33. The predicted octanol–water partition coefficient (Wildman–Crippen LogP) is 2.95. The quantitative estimate of drug-likeness (QED) is 0.865. The molecule has 1 aromatic rings. The Hall–Kier alpha value is 0.130. The average molecular weight is 299 g/mol. The van der Waals surface area contributed by atoms with Crippen LogP contribution >= 0.6 is 36.2 Å². The smallest absolute Gasteiger partial charge is 0.123 e. The largest absolute Gasteiger partial charge is 0.368 e. The van der Waals surface area contributed by atoms with Gasteiger partial charge in [-0.15, -0.1) is 36.2 Å². The lowest BCUT2D eigenvalue weighted by Gasteiger charge is -2.22. The Balaban J connectivity index is 0.00000128. The standard InChI is InChI=1S/C11H18N2OS.2ClH/c1-11(2,3)9-7-15-10(13-9)8-6-12-4-5-14-8;;/h7-8,12H,4-6H2,1-3H3;2*1H. The van der Waals surface area contributed by atoms with Gasteiger partial charge in [0, 0.05) is 23.9 Å². The van der Waals surface area contributed by atoms with Gasteiger partial charge in [-0.2, -0.15) is 0 Å². The van der Waals surface area contributed by atoms with E-state index in [1.807, 2.05) is 0 Å². The van der Waals surface area contributed by atoms with Gasteiger partial charge in [0.1, 0.15) is 11.1 Å². The first-order valence-electron chi connectivity index (χ1n) is 5.35. The van der Waals surface area contributed by atoms with Gasteiger partial charge < -0.3 is 10.1 Å². The van der Waals surface area contributed by atoms with Gasteiger partial charge in [0.2, 0.25) is 0 Å². The number of nitrogens with one attached hydrogen (secondary N) is 1. The predicted molar refractivity (Wildman–Crippen MR) is 76.9 cm³/mol.